The van der Waals surface area contributed by atoms with Crippen LogP contribution in [0.15, 0.2) is 334 Å². The van der Waals surface area contributed by atoms with Crippen LogP contribution in [-0.2, 0) is 137 Å². The van der Waals surface area contributed by atoms with Crippen LogP contribution in [0.3, 0.4) is 0 Å². The Morgan fingerprint density at radius 3 is 0.983 bits per heavy atom. The van der Waals surface area contributed by atoms with E-state index in [-0.39, 0.29) is 143 Å². The number of aryl methyl sites for hydroxylation is 3. The van der Waals surface area contributed by atoms with Crippen molar-refractivity contribution in [2.45, 2.75) is 66.2 Å². The van der Waals surface area contributed by atoms with Crippen molar-refractivity contribution in [1.29, 1.82) is 0 Å². The predicted octanol–water partition coefficient (Wildman–Crippen LogP) is 24.1. The molecule has 118 heavy (non-hydrogen) atoms. The monoisotopic (exact) mass is 1870 g/mol. The molecule has 15 rings (SSSR count). The molecule has 14 aromatic rings. The third-order valence-electron chi connectivity index (χ3n) is 18.8. The van der Waals surface area contributed by atoms with Crippen LogP contribution in [0, 0.1) is 57.0 Å². The Morgan fingerprint density at radius 1 is 0.322 bits per heavy atom. The number of hydrogen-bond acceptors (Lipinski definition) is 13. The smallest absolute Gasteiger partial charge is 0.343 e. The molecule has 12 nitrogen and oxygen atoms in total. The van der Waals surface area contributed by atoms with Gasteiger partial charge >= 0.3 is 23.9 Å². The number of ketones is 1. The molecule has 0 saturated heterocycles. The number of hydrogen-bond donors (Lipinski definition) is 0. The zero-order valence-corrected chi connectivity index (χ0v) is 78.0. The van der Waals surface area contributed by atoms with Gasteiger partial charge in [0.15, 0.2) is 5.78 Å². The number of pyridine rings is 1. The Morgan fingerprint density at radius 2 is 0.602 bits per heavy atom. The van der Waals surface area contributed by atoms with Gasteiger partial charge in [0.1, 0.15) is 40.2 Å². The van der Waals surface area contributed by atoms with Gasteiger partial charge in [-0.05, 0) is 218 Å². The molecule has 578 valence electrons. The Balaban J connectivity index is 0.000000199. The van der Waals surface area contributed by atoms with Crippen molar-refractivity contribution in [2.24, 2.45) is 11.8 Å². The van der Waals surface area contributed by atoms with Crippen LogP contribution in [0.4, 0.5) is 0 Å². The fourth-order valence-electron chi connectivity index (χ4n) is 12.2. The van der Waals surface area contributed by atoms with Crippen molar-refractivity contribution in [3.63, 3.8) is 0 Å². The predicted molar refractivity (Wildman–Crippen MR) is 450 cm³/mol. The minimum atomic E-state index is -0.532. The zero-order valence-electron chi connectivity index (χ0n) is 65.8. The number of nitrogens with zero attached hydrogens (tertiary/aromatic N) is 1. The SMILES string of the molecule is CC1CCC(CC(=S)Cc2cc[c-]cc2)CC1.Cc1ccc(C(=O)Oc2ccc(-c3ccc(C(=O)c4ccc(-c5cc[c-]nc5)cc4)cc3)cc2)cc1.Cc1ccc(OC(=O)c2ccc(C(=O)Oc3ccc(Oc4cc[c-]cc4)cc3)cc2)cc1.Cc1ccc(Oc2ccc(-c3ccc(OC(=O)c4cc[c-]cc4)cc3)cc2)cc1.[Y].[Y].[Y].[Y]. The molecule has 1 fully saturated rings. The van der Waals surface area contributed by atoms with Gasteiger partial charge in [-0.3, -0.25) is 4.79 Å². The molecule has 0 bridgehead atoms. The van der Waals surface area contributed by atoms with E-state index < -0.39 is 17.9 Å². The Kier molecular flexibility index (Phi) is 38.8. The van der Waals surface area contributed by atoms with Gasteiger partial charge in [-0.25, -0.2) is 19.2 Å². The average molecular weight is 1870 g/mol. The molecule has 1 heterocycles. The number of aromatic nitrogens is 1. The maximum absolute atomic E-state index is 13.0. The molecule has 0 N–H and O–H groups in total. The largest absolute Gasteiger partial charge is 0.483 e. The first-order valence-corrected chi connectivity index (χ1v) is 37.9. The first kappa shape index (κ1) is 94.2. The van der Waals surface area contributed by atoms with Crippen molar-refractivity contribution < 1.29 is 183 Å². The van der Waals surface area contributed by atoms with Crippen LogP contribution in [0.2, 0.25) is 0 Å². The summed E-state index contributed by atoms with van der Waals surface area (Å²) in [6, 6.07) is 107. The number of rotatable bonds is 21. The molecule has 1 saturated carbocycles. The molecule has 1 aliphatic carbocycles. The zero-order chi connectivity index (χ0) is 79.4. The molecule has 1 aromatic heterocycles. The quantitative estimate of drug-likeness (QED) is 0.0221. The number of thiocarbonyl (C=S) groups is 1. The van der Waals surface area contributed by atoms with Gasteiger partial charge in [0, 0.05) is 148 Å². The number of esters is 4. The molecule has 0 unspecified atom stereocenters. The molecule has 13 aromatic carbocycles. The summed E-state index contributed by atoms with van der Waals surface area (Å²) in [7, 11) is 0. The molecular weight excluding hydrogens is 1790 g/mol. The number of benzene rings is 13. The van der Waals surface area contributed by atoms with E-state index in [1.807, 2.05) is 185 Å². The van der Waals surface area contributed by atoms with Crippen molar-refractivity contribution in [2.75, 3.05) is 0 Å². The van der Waals surface area contributed by atoms with E-state index in [0.29, 0.717) is 67.9 Å². The minimum Gasteiger partial charge on any atom is -0.483 e. The maximum Gasteiger partial charge on any atom is 0.343 e. The van der Waals surface area contributed by atoms with E-state index in [1.165, 1.54) is 65.9 Å². The summed E-state index contributed by atoms with van der Waals surface area (Å²) in [4.78, 5) is 67.4. The van der Waals surface area contributed by atoms with Crippen molar-refractivity contribution >= 4 is 46.7 Å². The molecule has 0 aliphatic heterocycles. The Bertz CT molecular complexity index is 5460. The van der Waals surface area contributed by atoms with Crippen molar-refractivity contribution in [3.05, 3.63) is 414 Å². The van der Waals surface area contributed by atoms with Gasteiger partial charge < -0.3 is 33.4 Å². The van der Waals surface area contributed by atoms with Crippen molar-refractivity contribution in [3.8, 4) is 79.4 Å². The summed E-state index contributed by atoms with van der Waals surface area (Å²) < 4.78 is 33.2. The molecule has 4 radical (unpaired) electrons. The second-order valence-corrected chi connectivity index (χ2v) is 28.1. The van der Waals surface area contributed by atoms with Crippen molar-refractivity contribution in [1.82, 2.24) is 4.98 Å². The summed E-state index contributed by atoms with van der Waals surface area (Å²) in [6.07, 6.45) is 12.2. The molecule has 0 atom stereocenters. The Hall–Kier alpha value is -9.33. The van der Waals surface area contributed by atoms with Crippen LogP contribution in [0.25, 0.3) is 33.4 Å². The Labute approximate surface area is 796 Å². The summed E-state index contributed by atoms with van der Waals surface area (Å²) >= 11 is 5.54. The van der Waals surface area contributed by atoms with Gasteiger partial charge in [0.25, 0.3) is 0 Å². The van der Waals surface area contributed by atoms with Crippen LogP contribution in [0.1, 0.15) is 119 Å². The fourth-order valence-corrected chi connectivity index (χ4v) is 12.6. The molecule has 1 aliphatic rings. The third kappa shape index (κ3) is 29.6. The molecule has 17 heteroatoms. The van der Waals surface area contributed by atoms with E-state index in [9.17, 15) is 24.0 Å². The maximum atomic E-state index is 13.0. The summed E-state index contributed by atoms with van der Waals surface area (Å²) in [5.74, 6) is 4.67. The standard InChI is InChI=1S/C32H22NO3.C27H19O5.C26H19O3.C16H21S.4Y/c1-22-4-6-28(7-5-22)32(35)36-30-18-16-24(17-19-30)23-8-12-26(13-9-23)31(34)27-14-10-25(11-15-27)29-3-2-20-33-21-29;1-19-7-13-24(14-8-19)31-26(28)20-9-11-21(12-10-20)27(29)32-25-17-15-23(16-18-25)30-22-5-3-2-4-6-22;1-19-7-13-23(14-8-19)28-24-15-9-20(10-16-24)21-11-17-25(18-12-21)29-26(27)22-5-3-2-4-6-22;1-13-7-9-15(10-8-13)12-16(17)11-14-5-3-2-4-6-14;;;;/h2-19,21H,1H3;3-18H,1H3;3-18H,1H3;3-6,13,15H,7-12H2,1H3;;;;/q4*-1;;;;. The van der Waals surface area contributed by atoms with E-state index in [1.54, 1.807) is 134 Å². The van der Waals surface area contributed by atoms with Gasteiger partial charge in [0.2, 0.25) is 0 Å². The average Bonchev–Trinajstić information content (AvgIpc) is 0.832. The van der Waals surface area contributed by atoms with Crippen LogP contribution >= 0.6 is 12.2 Å². The van der Waals surface area contributed by atoms with E-state index in [2.05, 4.69) is 48.4 Å². The summed E-state index contributed by atoms with van der Waals surface area (Å²) in [5.41, 5.74) is 13.6. The van der Waals surface area contributed by atoms with Crippen LogP contribution in [-0.4, -0.2) is 39.5 Å². The third-order valence-corrected chi connectivity index (χ3v) is 19.1. The summed E-state index contributed by atoms with van der Waals surface area (Å²) in [5, 5.41) is 0. The number of carbonyl (C=O) groups excluding carboxylic acids is 5. The topological polar surface area (TPSA) is 154 Å². The van der Waals surface area contributed by atoms with Gasteiger partial charge in [-0.1, -0.05) is 182 Å². The molecule has 0 amide bonds. The molecule has 0 spiro atoms. The van der Waals surface area contributed by atoms with Crippen LogP contribution < -0.4 is 28.4 Å². The fraction of sp³-hybridized carbons (Fsp3) is 0.119. The van der Waals surface area contributed by atoms with Gasteiger partial charge in [-0.2, -0.15) is 96.6 Å². The first-order chi connectivity index (χ1) is 55.5. The minimum absolute atomic E-state index is 0. The van der Waals surface area contributed by atoms with Gasteiger partial charge in [0.05, 0.1) is 16.7 Å². The second-order valence-electron chi connectivity index (χ2n) is 27.5. The van der Waals surface area contributed by atoms with E-state index in [0.717, 1.165) is 80.7 Å². The number of ether oxygens (including phenoxy) is 6. The van der Waals surface area contributed by atoms with Gasteiger partial charge in [-0.15, -0.1) is 17.7 Å². The van der Waals surface area contributed by atoms with E-state index in [4.69, 9.17) is 40.6 Å². The first-order valence-electron chi connectivity index (χ1n) is 37.5. The van der Waals surface area contributed by atoms with Crippen LogP contribution in [0.5, 0.6) is 46.0 Å². The number of carbonyl (C=O) groups is 5. The molecular formula is C101H81NO11SY4-4. The second kappa shape index (κ2) is 48.7. The summed E-state index contributed by atoms with van der Waals surface area (Å²) in [6.45, 7) is 8.34. The van der Waals surface area contributed by atoms with E-state index >= 15 is 0 Å². The normalized spacial score (nSPS) is 12.1.